The number of anilines is 1. The van der Waals surface area contributed by atoms with E-state index in [1.807, 2.05) is 0 Å². The van der Waals surface area contributed by atoms with Crippen molar-refractivity contribution < 1.29 is 9.13 Å². The molecule has 9 heteroatoms. The minimum Gasteiger partial charge on any atom is -0.496 e. The minimum absolute atomic E-state index is 0.0168. The van der Waals surface area contributed by atoms with Gasteiger partial charge >= 0.3 is 0 Å². The topological polar surface area (TPSA) is 105 Å². The molecule has 2 aromatic heterocycles. The molecule has 0 spiro atoms. The molecule has 0 radical (unpaired) electrons. The molecule has 0 fully saturated rings. The molecule has 2 heterocycles. The van der Waals surface area contributed by atoms with Crippen molar-refractivity contribution in [3.63, 3.8) is 0 Å². The number of benzene rings is 1. The fourth-order valence-electron chi connectivity index (χ4n) is 1.77. The van der Waals surface area contributed by atoms with Crippen molar-refractivity contribution in [3.8, 4) is 23.1 Å². The zero-order valence-electron chi connectivity index (χ0n) is 10.9. The van der Waals surface area contributed by atoms with Gasteiger partial charge in [-0.05, 0) is 18.2 Å². The summed E-state index contributed by atoms with van der Waals surface area (Å²) in [7, 11) is 1.47. The number of aromatic nitrogens is 6. The number of nitrogen functional groups attached to an aromatic ring is 1. The Kier molecular flexibility index (Phi) is 3.14. The van der Waals surface area contributed by atoms with Crippen LogP contribution in [0.3, 0.4) is 0 Å². The largest absolute Gasteiger partial charge is 0.496 e. The molecule has 2 N–H and O–H groups in total. The van der Waals surface area contributed by atoms with Gasteiger partial charge in [0.25, 0.3) is 5.95 Å². The van der Waals surface area contributed by atoms with E-state index in [0.717, 1.165) is 0 Å². The summed E-state index contributed by atoms with van der Waals surface area (Å²) >= 11 is 0. The predicted octanol–water partition coefficient (Wildman–Crippen LogP) is 0.849. The van der Waals surface area contributed by atoms with Gasteiger partial charge in [-0.2, -0.15) is 24.7 Å². The van der Waals surface area contributed by atoms with Crippen LogP contribution in [0.4, 0.5) is 10.3 Å². The van der Waals surface area contributed by atoms with Crippen molar-refractivity contribution in [2.45, 2.75) is 0 Å². The monoisotopic (exact) mass is 287 g/mol. The van der Waals surface area contributed by atoms with E-state index in [9.17, 15) is 4.39 Å². The Morgan fingerprint density at radius 1 is 1.24 bits per heavy atom. The number of hydrogen-bond acceptors (Lipinski definition) is 7. The summed E-state index contributed by atoms with van der Waals surface area (Å²) in [6.07, 6.45) is 2.75. The Hall–Kier alpha value is -3.10. The molecule has 0 unspecified atom stereocenters. The standard InChI is InChI=1S/C12H10FN7O/c1-21-9-3-2-7(13)4-8(9)10-17-11(14)19-12(18-10)20-6-15-5-16-20/h2-6H,1H3,(H2,14,17,18,19). The third kappa shape index (κ3) is 2.48. The van der Waals surface area contributed by atoms with Crippen LogP contribution in [0.1, 0.15) is 0 Å². The van der Waals surface area contributed by atoms with Gasteiger partial charge in [0.2, 0.25) is 5.95 Å². The van der Waals surface area contributed by atoms with Crippen molar-refractivity contribution in [1.82, 2.24) is 29.7 Å². The lowest BCUT2D eigenvalue weighted by atomic mass is 10.2. The summed E-state index contributed by atoms with van der Waals surface area (Å²) in [6, 6.07) is 4.03. The van der Waals surface area contributed by atoms with E-state index in [1.165, 1.54) is 42.6 Å². The van der Waals surface area contributed by atoms with Crippen LogP contribution >= 0.6 is 0 Å². The molecule has 3 aromatic rings. The van der Waals surface area contributed by atoms with E-state index in [1.54, 1.807) is 0 Å². The average molecular weight is 287 g/mol. The summed E-state index contributed by atoms with van der Waals surface area (Å²) < 4.78 is 20.0. The average Bonchev–Trinajstić information content (AvgIpc) is 3.01. The maximum absolute atomic E-state index is 13.5. The molecular formula is C12H10FN7O. The number of methoxy groups -OCH3 is 1. The van der Waals surface area contributed by atoms with E-state index < -0.39 is 5.82 Å². The lowest BCUT2D eigenvalue weighted by Crippen LogP contribution is -2.08. The first-order valence-electron chi connectivity index (χ1n) is 5.88. The summed E-state index contributed by atoms with van der Waals surface area (Å²) in [5.41, 5.74) is 6.04. The lowest BCUT2D eigenvalue weighted by molar-refractivity contribution is 0.415. The van der Waals surface area contributed by atoms with Crippen LogP contribution in [0.25, 0.3) is 17.3 Å². The number of ether oxygens (including phenoxy) is 1. The molecule has 0 amide bonds. The van der Waals surface area contributed by atoms with Crippen LogP contribution in [0.2, 0.25) is 0 Å². The zero-order chi connectivity index (χ0) is 14.8. The van der Waals surface area contributed by atoms with Crippen molar-refractivity contribution in [2.75, 3.05) is 12.8 Å². The molecule has 0 saturated heterocycles. The maximum atomic E-state index is 13.5. The van der Waals surface area contributed by atoms with E-state index in [4.69, 9.17) is 10.5 Å². The second kappa shape index (κ2) is 5.12. The number of nitrogens with zero attached hydrogens (tertiary/aromatic N) is 6. The quantitative estimate of drug-likeness (QED) is 0.761. The highest BCUT2D eigenvalue weighted by molar-refractivity contribution is 5.65. The smallest absolute Gasteiger partial charge is 0.257 e. The Morgan fingerprint density at radius 3 is 2.81 bits per heavy atom. The molecule has 0 atom stereocenters. The molecule has 3 rings (SSSR count). The highest BCUT2D eigenvalue weighted by Gasteiger charge is 2.14. The van der Waals surface area contributed by atoms with Crippen molar-refractivity contribution >= 4 is 5.95 Å². The summed E-state index contributed by atoms with van der Waals surface area (Å²) in [5, 5.41) is 3.91. The molecule has 106 valence electrons. The second-order valence-electron chi connectivity index (χ2n) is 4.00. The third-order valence-corrected chi connectivity index (χ3v) is 2.67. The molecule has 8 nitrogen and oxygen atoms in total. The van der Waals surface area contributed by atoms with Gasteiger partial charge in [0.15, 0.2) is 5.82 Å². The van der Waals surface area contributed by atoms with Gasteiger partial charge in [0.1, 0.15) is 24.2 Å². The first-order valence-corrected chi connectivity index (χ1v) is 5.88. The van der Waals surface area contributed by atoms with Gasteiger partial charge in [-0.3, -0.25) is 0 Å². The molecular weight excluding hydrogens is 277 g/mol. The Bertz CT molecular complexity index is 775. The third-order valence-electron chi connectivity index (χ3n) is 2.67. The molecule has 21 heavy (non-hydrogen) atoms. The number of halogens is 1. The fourth-order valence-corrected chi connectivity index (χ4v) is 1.77. The minimum atomic E-state index is -0.438. The van der Waals surface area contributed by atoms with Crippen LogP contribution in [0, 0.1) is 5.82 Å². The Balaban J connectivity index is 2.17. The Labute approximate surface area is 118 Å². The van der Waals surface area contributed by atoms with Crippen LogP contribution in [-0.4, -0.2) is 36.8 Å². The molecule has 1 aromatic carbocycles. The molecule has 0 aliphatic carbocycles. The highest BCUT2D eigenvalue weighted by Crippen LogP contribution is 2.28. The van der Waals surface area contributed by atoms with Gasteiger partial charge in [-0.15, -0.1) is 0 Å². The molecule has 0 aliphatic rings. The SMILES string of the molecule is COc1ccc(F)cc1-c1nc(N)nc(-n2cncn2)n1. The summed E-state index contributed by atoms with van der Waals surface area (Å²) in [4.78, 5) is 16.0. The van der Waals surface area contributed by atoms with E-state index in [0.29, 0.717) is 11.3 Å². The van der Waals surface area contributed by atoms with Gasteiger partial charge in [0, 0.05) is 0 Å². The highest BCUT2D eigenvalue weighted by atomic mass is 19.1. The van der Waals surface area contributed by atoms with Gasteiger partial charge in [-0.1, -0.05) is 0 Å². The Morgan fingerprint density at radius 2 is 2.10 bits per heavy atom. The molecule has 0 bridgehead atoms. The molecule has 0 saturated carbocycles. The van der Waals surface area contributed by atoms with Gasteiger partial charge < -0.3 is 10.5 Å². The zero-order valence-corrected chi connectivity index (χ0v) is 10.9. The van der Waals surface area contributed by atoms with Crippen molar-refractivity contribution in [3.05, 3.63) is 36.7 Å². The lowest BCUT2D eigenvalue weighted by Gasteiger charge is -2.08. The normalized spacial score (nSPS) is 10.6. The van der Waals surface area contributed by atoms with Crippen LogP contribution in [0.5, 0.6) is 5.75 Å². The fraction of sp³-hybridized carbons (Fsp3) is 0.0833. The summed E-state index contributed by atoms with van der Waals surface area (Å²) in [5.74, 6) is 0.334. The number of hydrogen-bond donors (Lipinski definition) is 1. The van der Waals surface area contributed by atoms with Crippen LogP contribution < -0.4 is 10.5 Å². The molecule has 0 aliphatic heterocycles. The summed E-state index contributed by atoms with van der Waals surface area (Å²) in [6.45, 7) is 0. The maximum Gasteiger partial charge on any atom is 0.257 e. The van der Waals surface area contributed by atoms with Crippen molar-refractivity contribution in [2.24, 2.45) is 0 Å². The van der Waals surface area contributed by atoms with Gasteiger partial charge in [0.05, 0.1) is 12.7 Å². The number of nitrogens with two attached hydrogens (primary N) is 1. The van der Waals surface area contributed by atoms with Crippen LogP contribution in [-0.2, 0) is 0 Å². The van der Waals surface area contributed by atoms with E-state index in [2.05, 4.69) is 25.0 Å². The van der Waals surface area contributed by atoms with E-state index >= 15 is 0 Å². The predicted molar refractivity (Wildman–Crippen MR) is 71.1 cm³/mol. The van der Waals surface area contributed by atoms with Crippen LogP contribution in [0.15, 0.2) is 30.9 Å². The van der Waals surface area contributed by atoms with Gasteiger partial charge in [-0.25, -0.2) is 9.37 Å². The van der Waals surface area contributed by atoms with E-state index in [-0.39, 0.29) is 17.7 Å². The first-order chi connectivity index (χ1) is 10.2. The second-order valence-corrected chi connectivity index (χ2v) is 4.00. The van der Waals surface area contributed by atoms with Crippen molar-refractivity contribution in [1.29, 1.82) is 0 Å². The first kappa shape index (κ1) is 12.9. The number of rotatable bonds is 3.